The van der Waals surface area contributed by atoms with Gasteiger partial charge in [-0.1, -0.05) is 0 Å². The first-order valence-corrected chi connectivity index (χ1v) is 6.71. The van der Waals surface area contributed by atoms with Gasteiger partial charge in [0.25, 0.3) is 5.91 Å². The molecule has 1 fully saturated rings. The summed E-state index contributed by atoms with van der Waals surface area (Å²) >= 11 is 2.02. The van der Waals surface area contributed by atoms with Gasteiger partial charge in [0.2, 0.25) is 0 Å². The molecule has 1 amide bonds. The van der Waals surface area contributed by atoms with Crippen LogP contribution in [0.1, 0.15) is 29.6 Å². The number of phenols is 1. The van der Waals surface area contributed by atoms with Crippen LogP contribution in [0, 0.1) is 3.57 Å². The molecular weight excluding hydrogens is 331 g/mol. The molecule has 2 rings (SSSR count). The maximum atomic E-state index is 11.9. The lowest BCUT2D eigenvalue weighted by molar-refractivity contribution is 0.0934. The molecule has 4 nitrogen and oxygen atoms in total. The highest BCUT2D eigenvalue weighted by atomic mass is 127. The maximum absolute atomic E-state index is 11.9. The van der Waals surface area contributed by atoms with Gasteiger partial charge in [-0.05, 0) is 60.1 Å². The molecule has 0 spiro atoms. The standard InChI is InChI=1S/C12H15IN2O2/c13-8-5-4-7(6-11(8)16)12(17)15-10-3-1-2-9(10)14/h4-6,9-10,16H,1-3,14H2,(H,15,17). The van der Waals surface area contributed by atoms with Crippen molar-refractivity contribution in [2.75, 3.05) is 0 Å². The van der Waals surface area contributed by atoms with Gasteiger partial charge in [0.15, 0.2) is 0 Å². The van der Waals surface area contributed by atoms with E-state index in [-0.39, 0.29) is 23.7 Å². The van der Waals surface area contributed by atoms with Crippen LogP contribution in [0.2, 0.25) is 0 Å². The van der Waals surface area contributed by atoms with Crippen molar-refractivity contribution in [3.63, 3.8) is 0 Å². The molecule has 17 heavy (non-hydrogen) atoms. The Morgan fingerprint density at radius 1 is 1.47 bits per heavy atom. The fourth-order valence-corrected chi connectivity index (χ4v) is 2.41. The quantitative estimate of drug-likeness (QED) is 0.713. The lowest BCUT2D eigenvalue weighted by Gasteiger charge is -2.17. The smallest absolute Gasteiger partial charge is 0.251 e. The van der Waals surface area contributed by atoms with Gasteiger partial charge in [0.05, 0.1) is 3.57 Å². The zero-order valence-corrected chi connectivity index (χ0v) is 11.5. The van der Waals surface area contributed by atoms with Gasteiger partial charge in [-0.25, -0.2) is 0 Å². The largest absolute Gasteiger partial charge is 0.507 e. The molecule has 0 aromatic heterocycles. The number of nitrogens with one attached hydrogen (secondary N) is 1. The highest BCUT2D eigenvalue weighted by Crippen LogP contribution is 2.21. The number of rotatable bonds is 2. The second-order valence-electron chi connectivity index (χ2n) is 4.34. The highest BCUT2D eigenvalue weighted by Gasteiger charge is 2.25. The van der Waals surface area contributed by atoms with Crippen LogP contribution < -0.4 is 11.1 Å². The van der Waals surface area contributed by atoms with Crippen LogP contribution in [-0.4, -0.2) is 23.1 Å². The minimum absolute atomic E-state index is 0.0522. The molecule has 4 N–H and O–H groups in total. The summed E-state index contributed by atoms with van der Waals surface area (Å²) in [6.07, 6.45) is 2.95. The van der Waals surface area contributed by atoms with Crippen LogP contribution in [-0.2, 0) is 0 Å². The monoisotopic (exact) mass is 346 g/mol. The Labute approximate surface area is 114 Å². The predicted octanol–water partition coefficient (Wildman–Crippen LogP) is 1.61. The fourth-order valence-electron chi connectivity index (χ4n) is 2.07. The molecule has 5 heteroatoms. The normalized spacial score (nSPS) is 23.6. The molecule has 0 bridgehead atoms. The molecule has 0 saturated heterocycles. The summed E-state index contributed by atoms with van der Waals surface area (Å²) in [7, 11) is 0. The average molecular weight is 346 g/mol. The number of carbonyl (C=O) groups is 1. The minimum Gasteiger partial charge on any atom is -0.507 e. The number of nitrogens with two attached hydrogens (primary N) is 1. The van der Waals surface area contributed by atoms with Crippen molar-refractivity contribution < 1.29 is 9.90 Å². The number of hydrogen-bond donors (Lipinski definition) is 3. The minimum atomic E-state index is -0.168. The Hall–Kier alpha value is -0.820. The second kappa shape index (κ2) is 5.22. The third-order valence-corrected chi connectivity index (χ3v) is 4.01. The van der Waals surface area contributed by atoms with Crippen molar-refractivity contribution >= 4 is 28.5 Å². The van der Waals surface area contributed by atoms with Gasteiger partial charge in [0, 0.05) is 17.6 Å². The van der Waals surface area contributed by atoms with Gasteiger partial charge >= 0.3 is 0 Å². The maximum Gasteiger partial charge on any atom is 0.251 e. The van der Waals surface area contributed by atoms with E-state index >= 15 is 0 Å². The van der Waals surface area contributed by atoms with Gasteiger partial charge in [-0.3, -0.25) is 4.79 Å². The summed E-state index contributed by atoms with van der Waals surface area (Å²) in [5, 5.41) is 12.5. The van der Waals surface area contributed by atoms with Gasteiger partial charge in [-0.15, -0.1) is 0 Å². The molecule has 1 aromatic carbocycles. The van der Waals surface area contributed by atoms with E-state index in [1.54, 1.807) is 12.1 Å². The van der Waals surface area contributed by atoms with Crippen LogP contribution in [0.4, 0.5) is 0 Å². The Bertz CT molecular complexity index is 437. The van der Waals surface area contributed by atoms with Crippen molar-refractivity contribution in [2.45, 2.75) is 31.3 Å². The summed E-state index contributed by atoms with van der Waals surface area (Å²) in [6, 6.07) is 5.02. The van der Waals surface area contributed by atoms with Crippen molar-refractivity contribution in [1.82, 2.24) is 5.32 Å². The zero-order chi connectivity index (χ0) is 12.4. The predicted molar refractivity (Wildman–Crippen MR) is 73.9 cm³/mol. The van der Waals surface area contributed by atoms with Crippen molar-refractivity contribution in [2.24, 2.45) is 5.73 Å². The molecule has 0 heterocycles. The van der Waals surface area contributed by atoms with E-state index in [1.165, 1.54) is 6.07 Å². The van der Waals surface area contributed by atoms with Crippen molar-refractivity contribution in [3.05, 3.63) is 27.3 Å². The van der Waals surface area contributed by atoms with E-state index in [9.17, 15) is 9.90 Å². The summed E-state index contributed by atoms with van der Waals surface area (Å²) in [6.45, 7) is 0. The van der Waals surface area contributed by atoms with Gasteiger partial charge in [-0.2, -0.15) is 0 Å². The molecule has 0 aliphatic heterocycles. The molecule has 0 radical (unpaired) electrons. The van der Waals surface area contributed by atoms with E-state index in [0.29, 0.717) is 5.56 Å². The van der Waals surface area contributed by atoms with E-state index < -0.39 is 0 Å². The fraction of sp³-hybridized carbons (Fsp3) is 0.417. The van der Waals surface area contributed by atoms with Crippen molar-refractivity contribution in [3.8, 4) is 5.75 Å². The van der Waals surface area contributed by atoms with Crippen LogP contribution in [0.15, 0.2) is 18.2 Å². The van der Waals surface area contributed by atoms with E-state index in [2.05, 4.69) is 5.32 Å². The topological polar surface area (TPSA) is 75.3 Å². The lowest BCUT2D eigenvalue weighted by Crippen LogP contribution is -2.43. The number of hydrogen-bond acceptors (Lipinski definition) is 3. The van der Waals surface area contributed by atoms with Crippen LogP contribution in [0.5, 0.6) is 5.75 Å². The van der Waals surface area contributed by atoms with Gasteiger partial charge in [0.1, 0.15) is 5.75 Å². The van der Waals surface area contributed by atoms with Crippen LogP contribution in [0.25, 0.3) is 0 Å². The number of amides is 1. The zero-order valence-electron chi connectivity index (χ0n) is 9.32. The number of carbonyl (C=O) groups excluding carboxylic acids is 1. The van der Waals surface area contributed by atoms with E-state index in [1.807, 2.05) is 22.6 Å². The molecular formula is C12H15IN2O2. The Morgan fingerprint density at radius 3 is 2.82 bits per heavy atom. The highest BCUT2D eigenvalue weighted by molar-refractivity contribution is 14.1. The van der Waals surface area contributed by atoms with Crippen LogP contribution >= 0.6 is 22.6 Å². The third kappa shape index (κ3) is 2.90. The van der Waals surface area contributed by atoms with E-state index in [0.717, 1.165) is 22.8 Å². The summed E-state index contributed by atoms with van der Waals surface area (Å²) in [5.74, 6) is -0.0342. The molecule has 2 atom stereocenters. The van der Waals surface area contributed by atoms with E-state index in [4.69, 9.17) is 5.73 Å². The number of phenolic OH excluding ortho intramolecular Hbond substituents is 1. The average Bonchev–Trinajstić information content (AvgIpc) is 2.68. The van der Waals surface area contributed by atoms with Crippen molar-refractivity contribution in [1.29, 1.82) is 0 Å². The molecule has 2 unspecified atom stereocenters. The molecule has 1 aromatic rings. The Morgan fingerprint density at radius 2 is 2.24 bits per heavy atom. The van der Waals surface area contributed by atoms with Crippen LogP contribution in [0.3, 0.4) is 0 Å². The number of benzene rings is 1. The SMILES string of the molecule is NC1CCCC1NC(=O)c1ccc(I)c(O)c1. The number of aromatic hydroxyl groups is 1. The Balaban J connectivity index is 2.06. The first-order chi connectivity index (χ1) is 8.08. The van der Waals surface area contributed by atoms with Gasteiger partial charge < -0.3 is 16.2 Å². The summed E-state index contributed by atoms with van der Waals surface area (Å²) in [5.41, 5.74) is 6.37. The number of halogens is 1. The third-order valence-electron chi connectivity index (χ3n) is 3.09. The summed E-state index contributed by atoms with van der Waals surface area (Å²) in [4.78, 5) is 11.9. The first kappa shape index (κ1) is 12.6. The Kier molecular flexibility index (Phi) is 3.88. The molecule has 92 valence electrons. The first-order valence-electron chi connectivity index (χ1n) is 5.63. The summed E-state index contributed by atoms with van der Waals surface area (Å²) < 4.78 is 0.733. The molecule has 1 aliphatic carbocycles. The lowest BCUT2D eigenvalue weighted by atomic mass is 10.1. The molecule has 1 saturated carbocycles. The molecule has 1 aliphatic rings. The second-order valence-corrected chi connectivity index (χ2v) is 5.50.